The average Bonchev–Trinajstić information content (AvgIpc) is 2.89. The number of non-ortho nitro benzene ring substituents is 1. The van der Waals surface area contributed by atoms with Gasteiger partial charge in [-0.2, -0.15) is 5.10 Å². The van der Waals surface area contributed by atoms with Crippen LogP contribution in [0.1, 0.15) is 5.69 Å². The fraction of sp³-hybridized carbons (Fsp3) is 0.143. The lowest BCUT2D eigenvalue weighted by atomic mass is 10.1. The molecule has 0 aliphatic heterocycles. The first-order valence-electron chi connectivity index (χ1n) is 6.38. The molecule has 3 rings (SSSR count). The molecule has 21 heavy (non-hydrogen) atoms. The van der Waals surface area contributed by atoms with Crippen LogP contribution in [0.15, 0.2) is 42.9 Å². The highest BCUT2D eigenvalue weighted by Gasteiger charge is 2.14. The topological polar surface area (TPSA) is 85.9 Å². The Morgan fingerprint density at radius 3 is 2.81 bits per heavy atom. The van der Waals surface area contributed by atoms with E-state index in [1.165, 1.54) is 6.07 Å². The molecular formula is C14H13N5O2. The van der Waals surface area contributed by atoms with Crippen molar-refractivity contribution in [2.45, 2.75) is 6.54 Å². The lowest BCUT2D eigenvalue weighted by molar-refractivity contribution is -0.383. The molecular weight excluding hydrogens is 270 g/mol. The summed E-state index contributed by atoms with van der Waals surface area (Å²) in [5.74, 6) is 0. The van der Waals surface area contributed by atoms with Crippen LogP contribution in [0.3, 0.4) is 0 Å². The molecule has 0 aliphatic rings. The van der Waals surface area contributed by atoms with Crippen molar-refractivity contribution in [3.63, 3.8) is 0 Å². The second-order valence-corrected chi connectivity index (χ2v) is 4.61. The number of fused-ring (bicyclic) bond motifs is 1. The van der Waals surface area contributed by atoms with Gasteiger partial charge < -0.3 is 5.32 Å². The fourth-order valence-electron chi connectivity index (χ4n) is 2.25. The van der Waals surface area contributed by atoms with E-state index >= 15 is 0 Å². The van der Waals surface area contributed by atoms with Crippen molar-refractivity contribution in [2.24, 2.45) is 7.05 Å². The third-order valence-corrected chi connectivity index (χ3v) is 3.37. The number of nitrogens with zero attached hydrogens (tertiary/aromatic N) is 4. The molecule has 7 nitrogen and oxygen atoms in total. The highest BCUT2D eigenvalue weighted by atomic mass is 16.6. The number of benzene rings is 1. The van der Waals surface area contributed by atoms with Crippen LogP contribution < -0.4 is 5.32 Å². The molecule has 7 heteroatoms. The van der Waals surface area contributed by atoms with Crippen molar-refractivity contribution in [3.05, 3.63) is 58.7 Å². The van der Waals surface area contributed by atoms with E-state index in [1.807, 2.05) is 13.1 Å². The van der Waals surface area contributed by atoms with Gasteiger partial charge in [-0.05, 0) is 18.2 Å². The summed E-state index contributed by atoms with van der Waals surface area (Å²) in [6.45, 7) is 0.582. The van der Waals surface area contributed by atoms with Gasteiger partial charge in [-0.1, -0.05) is 0 Å². The quantitative estimate of drug-likeness (QED) is 0.587. The van der Waals surface area contributed by atoms with Gasteiger partial charge in [0.1, 0.15) is 0 Å². The number of aryl methyl sites for hydroxylation is 1. The summed E-state index contributed by atoms with van der Waals surface area (Å²) in [5, 5.41) is 19.8. The van der Waals surface area contributed by atoms with Gasteiger partial charge in [-0.3, -0.25) is 19.8 Å². The van der Waals surface area contributed by atoms with Crippen LogP contribution in [0.5, 0.6) is 0 Å². The Labute approximate surface area is 120 Å². The molecule has 0 atom stereocenters. The minimum atomic E-state index is -0.382. The molecule has 0 unspecified atom stereocenters. The molecule has 0 fully saturated rings. The van der Waals surface area contributed by atoms with Crippen molar-refractivity contribution in [1.29, 1.82) is 0 Å². The first-order valence-corrected chi connectivity index (χ1v) is 6.38. The van der Waals surface area contributed by atoms with Crippen molar-refractivity contribution >= 4 is 22.1 Å². The minimum Gasteiger partial charge on any atom is -0.379 e. The van der Waals surface area contributed by atoms with Crippen LogP contribution in [0.25, 0.3) is 10.8 Å². The van der Waals surface area contributed by atoms with E-state index in [-0.39, 0.29) is 10.6 Å². The predicted molar refractivity (Wildman–Crippen MR) is 78.9 cm³/mol. The van der Waals surface area contributed by atoms with Gasteiger partial charge in [-0.25, -0.2) is 0 Å². The minimum absolute atomic E-state index is 0.0819. The number of pyridine rings is 1. The van der Waals surface area contributed by atoms with Gasteiger partial charge >= 0.3 is 0 Å². The monoisotopic (exact) mass is 283 g/mol. The van der Waals surface area contributed by atoms with E-state index in [1.54, 1.807) is 35.4 Å². The van der Waals surface area contributed by atoms with Crippen molar-refractivity contribution in [2.75, 3.05) is 5.32 Å². The molecule has 1 N–H and O–H groups in total. The van der Waals surface area contributed by atoms with Crippen LogP contribution in [0.4, 0.5) is 11.4 Å². The maximum Gasteiger partial charge on any atom is 0.277 e. The largest absolute Gasteiger partial charge is 0.379 e. The second-order valence-electron chi connectivity index (χ2n) is 4.61. The number of hydrogen-bond acceptors (Lipinski definition) is 5. The van der Waals surface area contributed by atoms with E-state index in [0.29, 0.717) is 11.9 Å². The summed E-state index contributed by atoms with van der Waals surface area (Å²) < 4.78 is 1.78. The van der Waals surface area contributed by atoms with E-state index < -0.39 is 0 Å². The molecule has 1 aromatic carbocycles. The molecule has 0 spiro atoms. The molecule has 0 saturated heterocycles. The highest BCUT2D eigenvalue weighted by molar-refractivity contribution is 5.99. The molecule has 3 aromatic rings. The number of anilines is 1. The van der Waals surface area contributed by atoms with Crippen molar-refractivity contribution < 1.29 is 4.92 Å². The van der Waals surface area contributed by atoms with Crippen LogP contribution >= 0.6 is 0 Å². The number of nitrogens with one attached hydrogen (secondary N) is 1. The van der Waals surface area contributed by atoms with Crippen LogP contribution in [-0.2, 0) is 13.6 Å². The number of nitro groups is 1. The number of aromatic nitrogens is 3. The van der Waals surface area contributed by atoms with E-state index in [4.69, 9.17) is 0 Å². The standard InChI is InChI=1S/C14H13N5O2/c1-18-10(4-7-17-18)8-16-13-2-3-14(19(20)21)11-5-6-15-9-12(11)13/h2-7,9,16H,8H2,1H3. The SMILES string of the molecule is Cn1nccc1CNc1ccc([N+](=O)[O-])c2ccncc12. The Balaban J connectivity index is 1.98. The summed E-state index contributed by atoms with van der Waals surface area (Å²) in [6.07, 6.45) is 4.92. The molecule has 0 radical (unpaired) electrons. The second kappa shape index (κ2) is 5.20. The number of rotatable bonds is 4. The predicted octanol–water partition coefficient (Wildman–Crippen LogP) is 2.49. The third kappa shape index (κ3) is 2.40. The van der Waals surface area contributed by atoms with E-state index in [9.17, 15) is 10.1 Å². The summed E-state index contributed by atoms with van der Waals surface area (Å²) in [4.78, 5) is 14.7. The zero-order valence-electron chi connectivity index (χ0n) is 11.4. The van der Waals surface area contributed by atoms with Gasteiger partial charge in [0.05, 0.1) is 22.5 Å². The molecule has 2 heterocycles. The zero-order valence-corrected chi connectivity index (χ0v) is 11.4. The maximum absolute atomic E-state index is 11.1. The van der Waals surface area contributed by atoms with Gasteiger partial charge in [0, 0.05) is 42.8 Å². The summed E-state index contributed by atoms with van der Waals surface area (Å²) in [7, 11) is 1.87. The van der Waals surface area contributed by atoms with Crippen LogP contribution in [-0.4, -0.2) is 19.7 Å². The Bertz CT molecular complexity index is 812. The lowest BCUT2D eigenvalue weighted by Gasteiger charge is -2.10. The molecule has 2 aromatic heterocycles. The van der Waals surface area contributed by atoms with E-state index in [2.05, 4.69) is 15.4 Å². The summed E-state index contributed by atoms with van der Waals surface area (Å²) in [5.41, 5.74) is 1.91. The Morgan fingerprint density at radius 2 is 2.10 bits per heavy atom. The maximum atomic E-state index is 11.1. The average molecular weight is 283 g/mol. The van der Waals surface area contributed by atoms with Crippen molar-refractivity contribution in [3.8, 4) is 0 Å². The Hall–Kier alpha value is -2.96. The molecule has 106 valence electrons. The third-order valence-electron chi connectivity index (χ3n) is 3.37. The Kier molecular flexibility index (Phi) is 3.23. The molecule has 0 saturated carbocycles. The highest BCUT2D eigenvalue weighted by Crippen LogP contribution is 2.30. The molecule has 0 bridgehead atoms. The van der Waals surface area contributed by atoms with Crippen LogP contribution in [0.2, 0.25) is 0 Å². The van der Waals surface area contributed by atoms with Gasteiger partial charge in [0.15, 0.2) is 0 Å². The van der Waals surface area contributed by atoms with Gasteiger partial charge in [-0.15, -0.1) is 0 Å². The first kappa shape index (κ1) is 13.0. The van der Waals surface area contributed by atoms with Gasteiger partial charge in [0.25, 0.3) is 5.69 Å². The van der Waals surface area contributed by atoms with Gasteiger partial charge in [0.2, 0.25) is 0 Å². The summed E-state index contributed by atoms with van der Waals surface area (Å²) in [6, 6.07) is 6.79. The fourth-order valence-corrected chi connectivity index (χ4v) is 2.25. The number of nitro benzene ring substituents is 1. The summed E-state index contributed by atoms with van der Waals surface area (Å²) >= 11 is 0. The van der Waals surface area contributed by atoms with Crippen LogP contribution in [0, 0.1) is 10.1 Å². The first-order chi connectivity index (χ1) is 10.2. The number of hydrogen-bond donors (Lipinski definition) is 1. The smallest absolute Gasteiger partial charge is 0.277 e. The zero-order chi connectivity index (χ0) is 14.8. The van der Waals surface area contributed by atoms with E-state index in [0.717, 1.165) is 16.8 Å². The molecule has 0 aliphatic carbocycles. The normalized spacial score (nSPS) is 10.7. The Morgan fingerprint density at radius 1 is 1.24 bits per heavy atom. The lowest BCUT2D eigenvalue weighted by Crippen LogP contribution is -2.06. The molecule has 0 amide bonds. The van der Waals surface area contributed by atoms with Crippen molar-refractivity contribution in [1.82, 2.24) is 14.8 Å².